The van der Waals surface area contributed by atoms with Gasteiger partial charge in [0, 0.05) is 26.3 Å². The number of nitrogens with one attached hydrogen (secondary N) is 1. The van der Waals surface area contributed by atoms with Crippen LogP contribution < -0.4 is 5.32 Å². The Morgan fingerprint density at radius 2 is 2.15 bits per heavy atom. The van der Waals surface area contributed by atoms with Crippen LogP contribution in [0.15, 0.2) is 28.7 Å². The van der Waals surface area contributed by atoms with Crippen molar-refractivity contribution >= 4 is 27.3 Å². The third-order valence-corrected chi connectivity index (χ3v) is 5.94. The molecule has 106 valence electrons. The summed E-state index contributed by atoms with van der Waals surface area (Å²) in [5.74, 6) is 0. The van der Waals surface area contributed by atoms with Gasteiger partial charge in [-0.1, -0.05) is 28.1 Å². The van der Waals surface area contributed by atoms with Crippen molar-refractivity contribution in [1.82, 2.24) is 5.32 Å². The molecular weight excluding hydrogens is 330 g/mol. The van der Waals surface area contributed by atoms with Gasteiger partial charge >= 0.3 is 0 Å². The minimum absolute atomic E-state index is 0.412. The van der Waals surface area contributed by atoms with Crippen LogP contribution >= 0.6 is 27.3 Å². The fourth-order valence-corrected chi connectivity index (χ4v) is 4.86. The van der Waals surface area contributed by atoms with Crippen LogP contribution in [-0.2, 0) is 6.42 Å². The molecule has 1 aliphatic carbocycles. The second kappa shape index (κ2) is 5.63. The Kier molecular flexibility index (Phi) is 4.02. The SMILES string of the molecule is Cc1cc(C(C)NC2CCc3c(Br)cccc32)c(C)s1. The highest BCUT2D eigenvalue weighted by molar-refractivity contribution is 9.10. The van der Waals surface area contributed by atoms with Crippen LogP contribution in [0.2, 0.25) is 0 Å². The monoisotopic (exact) mass is 349 g/mol. The van der Waals surface area contributed by atoms with Crippen molar-refractivity contribution in [3.63, 3.8) is 0 Å². The lowest BCUT2D eigenvalue weighted by Gasteiger charge is -2.20. The van der Waals surface area contributed by atoms with Crippen LogP contribution in [-0.4, -0.2) is 0 Å². The molecule has 0 saturated heterocycles. The lowest BCUT2D eigenvalue weighted by molar-refractivity contribution is 0.464. The van der Waals surface area contributed by atoms with Gasteiger partial charge in [-0.3, -0.25) is 0 Å². The average Bonchev–Trinajstić information content (AvgIpc) is 2.94. The standard InChI is InChI=1S/C17H20BrNS/c1-10-9-15(12(3)20-10)11(2)19-17-8-7-13-14(17)5-4-6-16(13)18/h4-6,9,11,17,19H,7-8H2,1-3H3. The summed E-state index contributed by atoms with van der Waals surface area (Å²) in [5, 5.41) is 3.82. The molecule has 20 heavy (non-hydrogen) atoms. The summed E-state index contributed by atoms with van der Waals surface area (Å²) in [6.07, 6.45) is 2.37. The quantitative estimate of drug-likeness (QED) is 0.774. The largest absolute Gasteiger partial charge is 0.303 e. The highest BCUT2D eigenvalue weighted by Crippen LogP contribution is 2.37. The molecule has 1 aromatic carbocycles. The van der Waals surface area contributed by atoms with E-state index in [1.807, 2.05) is 11.3 Å². The maximum Gasteiger partial charge on any atom is 0.0332 e. The number of hydrogen-bond donors (Lipinski definition) is 1. The Hall–Kier alpha value is -0.640. The number of fused-ring (bicyclic) bond motifs is 1. The predicted molar refractivity (Wildman–Crippen MR) is 90.5 cm³/mol. The number of thiophene rings is 1. The third kappa shape index (κ3) is 2.59. The molecule has 0 saturated carbocycles. The van der Waals surface area contributed by atoms with E-state index < -0.39 is 0 Å². The topological polar surface area (TPSA) is 12.0 Å². The summed E-state index contributed by atoms with van der Waals surface area (Å²) >= 11 is 5.57. The van der Waals surface area contributed by atoms with E-state index in [2.05, 4.69) is 66.3 Å². The molecule has 0 radical (unpaired) electrons. The van der Waals surface area contributed by atoms with Gasteiger partial charge in [0.15, 0.2) is 0 Å². The van der Waals surface area contributed by atoms with Gasteiger partial charge < -0.3 is 5.32 Å². The first-order chi connectivity index (χ1) is 9.56. The van der Waals surface area contributed by atoms with Crippen LogP contribution in [0.1, 0.15) is 51.9 Å². The Morgan fingerprint density at radius 3 is 2.85 bits per heavy atom. The third-order valence-electron chi connectivity index (χ3n) is 4.21. The van der Waals surface area contributed by atoms with Crippen LogP contribution in [0.4, 0.5) is 0 Å². The zero-order chi connectivity index (χ0) is 14.3. The first-order valence-corrected chi connectivity index (χ1v) is 8.77. The van der Waals surface area contributed by atoms with Gasteiger partial charge in [0.25, 0.3) is 0 Å². The van der Waals surface area contributed by atoms with Gasteiger partial charge in [-0.05, 0) is 62.4 Å². The number of hydrogen-bond acceptors (Lipinski definition) is 2. The molecule has 0 fully saturated rings. The van der Waals surface area contributed by atoms with E-state index in [-0.39, 0.29) is 0 Å². The van der Waals surface area contributed by atoms with Crippen molar-refractivity contribution in [2.24, 2.45) is 0 Å². The molecule has 1 N–H and O–H groups in total. The second-order valence-electron chi connectivity index (χ2n) is 5.66. The van der Waals surface area contributed by atoms with Crippen LogP contribution in [0.25, 0.3) is 0 Å². The van der Waals surface area contributed by atoms with Crippen molar-refractivity contribution in [2.45, 2.75) is 45.7 Å². The van der Waals surface area contributed by atoms with Crippen molar-refractivity contribution in [2.75, 3.05) is 0 Å². The van der Waals surface area contributed by atoms with E-state index in [4.69, 9.17) is 0 Å². The zero-order valence-corrected chi connectivity index (χ0v) is 14.6. The summed E-state index contributed by atoms with van der Waals surface area (Å²) in [6.45, 7) is 6.70. The van der Waals surface area contributed by atoms with Crippen LogP contribution in [0.3, 0.4) is 0 Å². The predicted octanol–water partition coefficient (Wildman–Crippen LogP) is 5.47. The summed E-state index contributed by atoms with van der Waals surface area (Å²) in [6, 6.07) is 9.79. The molecule has 1 heterocycles. The highest BCUT2D eigenvalue weighted by atomic mass is 79.9. The fraction of sp³-hybridized carbons (Fsp3) is 0.412. The van der Waals surface area contributed by atoms with E-state index in [0.717, 1.165) is 0 Å². The molecule has 2 aromatic rings. The van der Waals surface area contributed by atoms with Crippen molar-refractivity contribution in [1.29, 1.82) is 0 Å². The van der Waals surface area contributed by atoms with E-state index >= 15 is 0 Å². The number of halogens is 1. The number of benzene rings is 1. The summed E-state index contributed by atoms with van der Waals surface area (Å²) in [7, 11) is 0. The van der Waals surface area contributed by atoms with E-state index in [0.29, 0.717) is 12.1 Å². The van der Waals surface area contributed by atoms with Gasteiger partial charge in [-0.25, -0.2) is 0 Å². The van der Waals surface area contributed by atoms with Crippen LogP contribution in [0.5, 0.6) is 0 Å². The highest BCUT2D eigenvalue weighted by Gasteiger charge is 2.25. The molecule has 0 amide bonds. The van der Waals surface area contributed by atoms with E-state index in [1.165, 1.54) is 43.8 Å². The minimum Gasteiger partial charge on any atom is -0.303 e. The summed E-state index contributed by atoms with van der Waals surface area (Å²) in [5.41, 5.74) is 4.40. The molecule has 2 atom stereocenters. The van der Waals surface area contributed by atoms with Gasteiger partial charge in [0.2, 0.25) is 0 Å². The minimum atomic E-state index is 0.412. The Morgan fingerprint density at radius 1 is 1.35 bits per heavy atom. The molecule has 3 rings (SSSR count). The summed E-state index contributed by atoms with van der Waals surface area (Å²) < 4.78 is 1.26. The van der Waals surface area contributed by atoms with E-state index in [9.17, 15) is 0 Å². The maximum atomic E-state index is 3.82. The van der Waals surface area contributed by atoms with Gasteiger partial charge in [-0.2, -0.15) is 0 Å². The van der Waals surface area contributed by atoms with Crippen LogP contribution in [0, 0.1) is 13.8 Å². The van der Waals surface area contributed by atoms with E-state index in [1.54, 1.807) is 0 Å². The molecule has 0 spiro atoms. The van der Waals surface area contributed by atoms with Gasteiger partial charge in [0.1, 0.15) is 0 Å². The molecule has 3 heteroatoms. The average molecular weight is 350 g/mol. The lowest BCUT2D eigenvalue weighted by Crippen LogP contribution is -2.23. The van der Waals surface area contributed by atoms with Crippen molar-refractivity contribution < 1.29 is 0 Å². The molecule has 1 nitrogen and oxygen atoms in total. The lowest BCUT2D eigenvalue weighted by atomic mass is 10.0. The Bertz CT molecular complexity index is 632. The van der Waals surface area contributed by atoms with Gasteiger partial charge in [0.05, 0.1) is 0 Å². The molecular formula is C17H20BrNS. The number of rotatable bonds is 3. The number of aryl methyl sites for hydroxylation is 2. The van der Waals surface area contributed by atoms with Crippen molar-refractivity contribution in [3.05, 3.63) is 55.2 Å². The first kappa shape index (κ1) is 14.3. The molecule has 1 aromatic heterocycles. The Balaban J connectivity index is 1.81. The first-order valence-electron chi connectivity index (χ1n) is 7.16. The summed E-state index contributed by atoms with van der Waals surface area (Å²) in [4.78, 5) is 2.84. The normalized spacial score (nSPS) is 19.1. The molecule has 2 unspecified atom stereocenters. The smallest absolute Gasteiger partial charge is 0.0332 e. The van der Waals surface area contributed by atoms with Gasteiger partial charge in [-0.15, -0.1) is 11.3 Å². The second-order valence-corrected chi connectivity index (χ2v) is 7.97. The zero-order valence-electron chi connectivity index (χ0n) is 12.2. The molecule has 0 bridgehead atoms. The van der Waals surface area contributed by atoms with Crippen molar-refractivity contribution in [3.8, 4) is 0 Å². The molecule has 1 aliphatic rings. The maximum absolute atomic E-state index is 3.82. The Labute approximate surface area is 133 Å². The molecule has 0 aliphatic heterocycles. The fourth-order valence-electron chi connectivity index (χ4n) is 3.25.